The minimum absolute atomic E-state index is 0. The van der Waals surface area contributed by atoms with Crippen molar-refractivity contribution in [3.63, 3.8) is 0 Å². The molecule has 0 heterocycles. The van der Waals surface area contributed by atoms with Gasteiger partial charge in [-0.15, -0.1) is 0 Å². The van der Waals surface area contributed by atoms with E-state index in [0.717, 1.165) is 12.1 Å². The summed E-state index contributed by atoms with van der Waals surface area (Å²) in [5, 5.41) is 8.55. The summed E-state index contributed by atoms with van der Waals surface area (Å²) in [6.07, 6.45) is 0. The third-order valence-corrected chi connectivity index (χ3v) is 2.31. The molecule has 0 saturated heterocycles. The molecule has 0 fully saturated rings. The van der Waals surface area contributed by atoms with Crippen molar-refractivity contribution in [2.24, 2.45) is 0 Å². The first-order valence-electron chi connectivity index (χ1n) is 3.23. The van der Waals surface area contributed by atoms with Crippen LogP contribution in [0.3, 0.4) is 0 Å². The van der Waals surface area contributed by atoms with E-state index in [-0.39, 0.29) is 37.7 Å². The van der Waals surface area contributed by atoms with Crippen molar-refractivity contribution in [2.75, 3.05) is 0 Å². The number of rotatable bonds is 2. The van der Waals surface area contributed by atoms with Crippen LogP contribution in [0.5, 0.6) is 0 Å². The van der Waals surface area contributed by atoms with Crippen LogP contribution in [0.1, 0.15) is 10.4 Å². The van der Waals surface area contributed by atoms with E-state index >= 15 is 0 Å². The Kier molecular flexibility index (Phi) is 5.03. The fourth-order valence-corrected chi connectivity index (χ4v) is 1.55. The molecule has 0 radical (unpaired) electrons. The fraction of sp³-hybridized carbons (Fsp3) is 0. The first kappa shape index (κ1) is 13.9. The SMILES string of the molecule is O=C(O)c1ccccc1S(=O)(=O)O.[CaH2]. The van der Waals surface area contributed by atoms with Gasteiger partial charge in [0.15, 0.2) is 0 Å². The number of aromatic carboxylic acids is 1. The maximum atomic E-state index is 10.7. The molecule has 14 heavy (non-hydrogen) atoms. The molecule has 0 aliphatic carbocycles. The summed E-state index contributed by atoms with van der Waals surface area (Å²) >= 11 is 0. The average Bonchev–Trinajstić information content (AvgIpc) is 2.03. The Morgan fingerprint density at radius 1 is 1.21 bits per heavy atom. The Morgan fingerprint density at radius 2 is 1.71 bits per heavy atom. The summed E-state index contributed by atoms with van der Waals surface area (Å²) in [7, 11) is -4.46. The summed E-state index contributed by atoms with van der Waals surface area (Å²) < 4.78 is 29.9. The Hall–Kier alpha value is -0.140. The third-order valence-electron chi connectivity index (χ3n) is 1.40. The molecule has 2 N–H and O–H groups in total. The van der Waals surface area contributed by atoms with E-state index in [1.807, 2.05) is 0 Å². The predicted molar refractivity (Wildman–Crippen MR) is 51.8 cm³/mol. The van der Waals surface area contributed by atoms with Gasteiger partial charge < -0.3 is 5.11 Å². The number of carbonyl (C=O) groups is 1. The maximum absolute atomic E-state index is 10.7. The second-order valence-corrected chi connectivity index (χ2v) is 3.67. The van der Waals surface area contributed by atoms with Crippen LogP contribution in [-0.4, -0.2) is 61.8 Å². The Morgan fingerprint density at radius 3 is 2.07 bits per heavy atom. The van der Waals surface area contributed by atoms with E-state index < -0.39 is 26.5 Å². The number of hydrogen-bond acceptors (Lipinski definition) is 3. The van der Waals surface area contributed by atoms with E-state index in [4.69, 9.17) is 9.66 Å². The van der Waals surface area contributed by atoms with E-state index in [9.17, 15) is 13.2 Å². The molecule has 0 saturated carbocycles. The fourth-order valence-electron chi connectivity index (χ4n) is 0.868. The number of benzene rings is 1. The van der Waals surface area contributed by atoms with Gasteiger partial charge in [-0.1, -0.05) is 12.1 Å². The molecule has 1 aromatic carbocycles. The molecule has 74 valence electrons. The first-order valence-corrected chi connectivity index (χ1v) is 4.67. The van der Waals surface area contributed by atoms with Crippen LogP contribution in [0.15, 0.2) is 29.2 Å². The zero-order valence-electron chi connectivity index (χ0n) is 6.34. The molecule has 5 nitrogen and oxygen atoms in total. The summed E-state index contributed by atoms with van der Waals surface area (Å²) in [6, 6.07) is 4.83. The topological polar surface area (TPSA) is 91.7 Å². The summed E-state index contributed by atoms with van der Waals surface area (Å²) in [6.45, 7) is 0. The normalized spacial score (nSPS) is 10.4. The van der Waals surface area contributed by atoms with E-state index in [0.29, 0.717) is 0 Å². The van der Waals surface area contributed by atoms with Crippen molar-refractivity contribution in [1.82, 2.24) is 0 Å². The van der Waals surface area contributed by atoms with Crippen LogP contribution in [0.2, 0.25) is 0 Å². The van der Waals surface area contributed by atoms with Crippen LogP contribution in [0, 0.1) is 0 Å². The van der Waals surface area contributed by atoms with E-state index in [2.05, 4.69) is 0 Å². The van der Waals surface area contributed by atoms with E-state index in [1.54, 1.807) is 0 Å². The zero-order chi connectivity index (χ0) is 10.1. The second-order valence-electron chi connectivity index (χ2n) is 2.28. The van der Waals surface area contributed by atoms with Gasteiger partial charge in [0.05, 0.1) is 5.56 Å². The van der Waals surface area contributed by atoms with Crippen molar-refractivity contribution < 1.29 is 22.9 Å². The molecular formula is C7H8CaO5S. The summed E-state index contributed by atoms with van der Waals surface area (Å²) in [4.78, 5) is 9.90. The predicted octanol–water partition coefficient (Wildman–Crippen LogP) is -0.285. The van der Waals surface area contributed by atoms with Crippen LogP contribution in [-0.2, 0) is 10.1 Å². The molecule has 1 rings (SSSR count). The molecule has 0 aromatic heterocycles. The minimum atomic E-state index is -4.46. The van der Waals surface area contributed by atoms with Crippen LogP contribution < -0.4 is 0 Å². The second kappa shape index (κ2) is 5.09. The molecular weight excluding hydrogens is 236 g/mol. The summed E-state index contributed by atoms with van der Waals surface area (Å²) in [5.41, 5.74) is -0.440. The number of hydrogen-bond donors (Lipinski definition) is 2. The van der Waals surface area contributed by atoms with Crippen molar-refractivity contribution in [3.05, 3.63) is 29.8 Å². The monoisotopic (exact) mass is 244 g/mol. The average molecular weight is 244 g/mol. The molecule has 0 atom stereocenters. The molecule has 0 amide bonds. The van der Waals surface area contributed by atoms with Gasteiger partial charge >= 0.3 is 43.7 Å². The Balaban J connectivity index is 0.00000169. The summed E-state index contributed by atoms with van der Waals surface area (Å²) in [5.74, 6) is -1.40. The Bertz CT molecular complexity index is 439. The van der Waals surface area contributed by atoms with Gasteiger partial charge in [-0.25, -0.2) is 4.79 Å². The molecule has 0 bridgehead atoms. The zero-order valence-corrected chi connectivity index (χ0v) is 7.15. The Labute approximate surface area is 110 Å². The molecule has 0 aliphatic rings. The van der Waals surface area contributed by atoms with Gasteiger partial charge in [-0.05, 0) is 12.1 Å². The van der Waals surface area contributed by atoms with Gasteiger partial charge in [0.25, 0.3) is 10.1 Å². The standard InChI is InChI=1S/C7H6O5S.Ca.2H/c8-7(9)5-3-1-2-4-6(5)13(10,11)12;;;/h1-4H,(H,8,9)(H,10,11,12);;;. The van der Waals surface area contributed by atoms with Gasteiger partial charge in [0.2, 0.25) is 0 Å². The van der Waals surface area contributed by atoms with Gasteiger partial charge in [0.1, 0.15) is 4.90 Å². The number of carboxylic acid groups (broad SMARTS) is 1. The van der Waals surface area contributed by atoms with Crippen LogP contribution >= 0.6 is 0 Å². The molecule has 0 spiro atoms. The molecule has 0 unspecified atom stereocenters. The van der Waals surface area contributed by atoms with Crippen LogP contribution in [0.4, 0.5) is 0 Å². The van der Waals surface area contributed by atoms with Crippen molar-refractivity contribution in [3.8, 4) is 0 Å². The molecule has 1 aromatic rings. The quantitative estimate of drug-likeness (QED) is 0.551. The van der Waals surface area contributed by atoms with Crippen LogP contribution in [0.25, 0.3) is 0 Å². The van der Waals surface area contributed by atoms with Gasteiger partial charge in [0, 0.05) is 0 Å². The first-order chi connectivity index (χ1) is 5.93. The molecule has 7 heteroatoms. The van der Waals surface area contributed by atoms with Gasteiger partial charge in [-0.2, -0.15) is 8.42 Å². The number of carboxylic acids is 1. The molecule has 0 aliphatic heterocycles. The third kappa shape index (κ3) is 3.21. The van der Waals surface area contributed by atoms with Crippen molar-refractivity contribution in [1.29, 1.82) is 0 Å². The van der Waals surface area contributed by atoms with Crippen molar-refractivity contribution >= 4 is 53.8 Å². The van der Waals surface area contributed by atoms with E-state index in [1.165, 1.54) is 12.1 Å². The van der Waals surface area contributed by atoms with Crippen molar-refractivity contribution in [2.45, 2.75) is 4.90 Å². The van der Waals surface area contributed by atoms with Gasteiger partial charge in [-0.3, -0.25) is 4.55 Å².